The molecule has 2 aromatic rings. The minimum absolute atomic E-state index is 0.0987. The summed E-state index contributed by atoms with van der Waals surface area (Å²) in [7, 11) is 0. The van der Waals surface area contributed by atoms with E-state index in [0.29, 0.717) is 38.4 Å². The van der Waals surface area contributed by atoms with Crippen molar-refractivity contribution >= 4 is 11.8 Å². The first kappa shape index (κ1) is 17.1. The Balaban J connectivity index is 1.65. The average Bonchev–Trinajstić information content (AvgIpc) is 2.66. The molecule has 3 rings (SSSR count). The van der Waals surface area contributed by atoms with Gasteiger partial charge >= 0.3 is 0 Å². The first-order valence-corrected chi connectivity index (χ1v) is 8.30. The van der Waals surface area contributed by atoms with Crippen molar-refractivity contribution < 1.29 is 14.3 Å². The highest BCUT2D eigenvalue weighted by molar-refractivity contribution is 5.98. The molecule has 0 bridgehead atoms. The minimum atomic E-state index is -0.293. The molecule has 1 aromatic heterocycles. The molecular weight excluding hydrogens is 318 g/mol. The normalized spacial score (nSPS) is 14.2. The molecule has 2 heterocycles. The maximum Gasteiger partial charge on any atom is 0.270 e. The van der Waals surface area contributed by atoms with Crippen LogP contribution in [0.3, 0.4) is 0 Å². The standard InChI is InChI=1S/C19H21N3O3/c1-14-3-2-4-15(11-14)13-21-18(23)17-12-16(5-6-20-17)19(24)22-7-9-25-10-8-22/h2-6,11-12H,7-10,13H2,1H3,(H,21,23). The van der Waals surface area contributed by atoms with E-state index in [1.807, 2.05) is 31.2 Å². The van der Waals surface area contributed by atoms with Crippen molar-refractivity contribution in [3.63, 3.8) is 0 Å². The number of hydrogen-bond donors (Lipinski definition) is 1. The predicted molar refractivity (Wildman–Crippen MR) is 93.3 cm³/mol. The molecule has 0 unspecified atom stereocenters. The van der Waals surface area contributed by atoms with Gasteiger partial charge < -0.3 is 15.0 Å². The lowest BCUT2D eigenvalue weighted by Gasteiger charge is -2.26. The SMILES string of the molecule is Cc1cccc(CNC(=O)c2cc(C(=O)N3CCOCC3)ccn2)c1. The van der Waals surface area contributed by atoms with Crippen molar-refractivity contribution in [2.75, 3.05) is 26.3 Å². The van der Waals surface area contributed by atoms with Crippen molar-refractivity contribution in [3.8, 4) is 0 Å². The second-order valence-corrected chi connectivity index (χ2v) is 6.01. The van der Waals surface area contributed by atoms with Gasteiger partial charge in [0.2, 0.25) is 0 Å². The summed E-state index contributed by atoms with van der Waals surface area (Å²) >= 11 is 0. The highest BCUT2D eigenvalue weighted by Crippen LogP contribution is 2.09. The van der Waals surface area contributed by atoms with Crippen molar-refractivity contribution in [2.45, 2.75) is 13.5 Å². The Morgan fingerprint density at radius 3 is 2.76 bits per heavy atom. The number of rotatable bonds is 4. The number of nitrogens with one attached hydrogen (secondary N) is 1. The summed E-state index contributed by atoms with van der Waals surface area (Å²) in [6.07, 6.45) is 1.50. The van der Waals surface area contributed by atoms with E-state index >= 15 is 0 Å². The summed E-state index contributed by atoms with van der Waals surface area (Å²) in [4.78, 5) is 30.7. The second kappa shape index (κ2) is 7.90. The quantitative estimate of drug-likeness (QED) is 0.922. The Kier molecular flexibility index (Phi) is 5.40. The van der Waals surface area contributed by atoms with E-state index in [2.05, 4.69) is 10.3 Å². The zero-order valence-electron chi connectivity index (χ0n) is 14.2. The Morgan fingerprint density at radius 1 is 1.20 bits per heavy atom. The van der Waals surface area contributed by atoms with Gasteiger partial charge in [0.05, 0.1) is 13.2 Å². The van der Waals surface area contributed by atoms with E-state index in [9.17, 15) is 9.59 Å². The van der Waals surface area contributed by atoms with Crippen LogP contribution in [0.1, 0.15) is 32.0 Å². The zero-order valence-corrected chi connectivity index (χ0v) is 14.2. The van der Waals surface area contributed by atoms with Crippen LogP contribution in [0.5, 0.6) is 0 Å². The molecule has 1 saturated heterocycles. The summed E-state index contributed by atoms with van der Waals surface area (Å²) < 4.78 is 5.26. The first-order valence-electron chi connectivity index (χ1n) is 8.30. The fraction of sp³-hybridized carbons (Fsp3) is 0.316. The van der Waals surface area contributed by atoms with Crippen molar-refractivity contribution in [3.05, 3.63) is 65.0 Å². The lowest BCUT2D eigenvalue weighted by Crippen LogP contribution is -2.40. The number of pyridine rings is 1. The minimum Gasteiger partial charge on any atom is -0.378 e. The fourth-order valence-corrected chi connectivity index (χ4v) is 2.73. The molecule has 0 spiro atoms. The second-order valence-electron chi connectivity index (χ2n) is 6.01. The molecule has 1 N–H and O–H groups in total. The average molecular weight is 339 g/mol. The molecule has 6 nitrogen and oxygen atoms in total. The molecule has 0 atom stereocenters. The van der Waals surface area contributed by atoms with Crippen LogP contribution < -0.4 is 5.32 Å². The van der Waals surface area contributed by atoms with Gasteiger partial charge in [0.15, 0.2) is 0 Å². The topological polar surface area (TPSA) is 71.5 Å². The van der Waals surface area contributed by atoms with Crippen LogP contribution in [0.15, 0.2) is 42.6 Å². The van der Waals surface area contributed by atoms with E-state index in [-0.39, 0.29) is 17.5 Å². The Bertz CT molecular complexity index is 770. The summed E-state index contributed by atoms with van der Waals surface area (Å²) in [5, 5.41) is 2.84. The fourth-order valence-electron chi connectivity index (χ4n) is 2.73. The third-order valence-corrected chi connectivity index (χ3v) is 4.07. The number of morpholine rings is 1. The van der Waals surface area contributed by atoms with E-state index in [0.717, 1.165) is 11.1 Å². The van der Waals surface area contributed by atoms with Crippen LogP contribution >= 0.6 is 0 Å². The van der Waals surface area contributed by atoms with Crippen LogP contribution in [0.2, 0.25) is 0 Å². The molecule has 1 aromatic carbocycles. The summed E-state index contributed by atoms with van der Waals surface area (Å²) in [6.45, 7) is 4.64. The maximum absolute atomic E-state index is 12.5. The van der Waals surface area contributed by atoms with Gasteiger partial charge in [-0.25, -0.2) is 0 Å². The van der Waals surface area contributed by atoms with Crippen molar-refractivity contribution in [1.82, 2.24) is 15.2 Å². The molecular formula is C19H21N3O3. The molecule has 2 amide bonds. The van der Waals surface area contributed by atoms with Gasteiger partial charge in [0, 0.05) is 31.4 Å². The molecule has 1 aliphatic heterocycles. The van der Waals surface area contributed by atoms with Crippen molar-refractivity contribution in [2.24, 2.45) is 0 Å². The molecule has 1 fully saturated rings. The molecule has 25 heavy (non-hydrogen) atoms. The number of amides is 2. The van der Waals surface area contributed by atoms with Crippen LogP contribution in [0, 0.1) is 6.92 Å². The molecule has 0 saturated carbocycles. The third kappa shape index (κ3) is 4.42. The summed E-state index contributed by atoms with van der Waals surface area (Å²) in [5.41, 5.74) is 2.88. The summed E-state index contributed by atoms with van der Waals surface area (Å²) in [6, 6.07) is 11.1. The number of benzene rings is 1. The molecule has 0 aliphatic carbocycles. The number of carbonyl (C=O) groups excluding carboxylic acids is 2. The van der Waals surface area contributed by atoms with Gasteiger partial charge in [-0.2, -0.15) is 0 Å². The van der Waals surface area contributed by atoms with Crippen LogP contribution in [-0.2, 0) is 11.3 Å². The monoisotopic (exact) mass is 339 g/mol. The van der Waals surface area contributed by atoms with Gasteiger partial charge in [-0.3, -0.25) is 14.6 Å². The number of aryl methyl sites for hydroxylation is 1. The first-order chi connectivity index (χ1) is 12.1. The van der Waals surface area contributed by atoms with E-state index in [1.165, 1.54) is 6.20 Å². The number of nitrogens with zero attached hydrogens (tertiary/aromatic N) is 2. The lowest BCUT2D eigenvalue weighted by molar-refractivity contribution is 0.0303. The van der Waals surface area contributed by atoms with Gasteiger partial charge in [0.25, 0.3) is 11.8 Å². The number of aromatic nitrogens is 1. The van der Waals surface area contributed by atoms with E-state index in [4.69, 9.17) is 4.74 Å². The highest BCUT2D eigenvalue weighted by Gasteiger charge is 2.19. The lowest BCUT2D eigenvalue weighted by atomic mass is 10.1. The van der Waals surface area contributed by atoms with Gasteiger partial charge in [-0.15, -0.1) is 0 Å². The maximum atomic E-state index is 12.5. The third-order valence-electron chi connectivity index (χ3n) is 4.07. The number of hydrogen-bond acceptors (Lipinski definition) is 4. The molecule has 6 heteroatoms. The van der Waals surface area contributed by atoms with Crippen LogP contribution in [0.4, 0.5) is 0 Å². The predicted octanol–water partition coefficient (Wildman–Crippen LogP) is 1.79. The van der Waals surface area contributed by atoms with Gasteiger partial charge in [-0.1, -0.05) is 29.8 Å². The largest absolute Gasteiger partial charge is 0.378 e. The highest BCUT2D eigenvalue weighted by atomic mass is 16.5. The van der Waals surface area contributed by atoms with E-state index in [1.54, 1.807) is 17.0 Å². The van der Waals surface area contributed by atoms with Gasteiger partial charge in [-0.05, 0) is 24.6 Å². The Labute approximate surface area is 146 Å². The Hall–Kier alpha value is -2.73. The molecule has 130 valence electrons. The number of ether oxygens (including phenoxy) is 1. The van der Waals surface area contributed by atoms with E-state index < -0.39 is 0 Å². The number of carbonyl (C=O) groups is 2. The van der Waals surface area contributed by atoms with Crippen molar-refractivity contribution in [1.29, 1.82) is 0 Å². The Morgan fingerprint density at radius 2 is 2.00 bits per heavy atom. The molecule has 1 aliphatic rings. The molecule has 0 radical (unpaired) electrons. The van der Waals surface area contributed by atoms with Crippen LogP contribution in [-0.4, -0.2) is 48.0 Å². The summed E-state index contributed by atoms with van der Waals surface area (Å²) in [5.74, 6) is -0.392. The smallest absolute Gasteiger partial charge is 0.270 e. The zero-order chi connectivity index (χ0) is 17.6. The van der Waals surface area contributed by atoms with Gasteiger partial charge in [0.1, 0.15) is 5.69 Å². The van der Waals surface area contributed by atoms with Crippen LogP contribution in [0.25, 0.3) is 0 Å².